The van der Waals surface area contributed by atoms with E-state index in [4.69, 9.17) is 14.2 Å². The Morgan fingerprint density at radius 2 is 1.96 bits per heavy atom. The van der Waals surface area contributed by atoms with Crippen molar-refractivity contribution < 1.29 is 19.0 Å². The number of nitrogens with one attached hydrogen (secondary N) is 1. The maximum atomic E-state index is 12.6. The number of hydrogen-bond donors (Lipinski definition) is 1. The molecule has 2 aromatic rings. The normalized spacial score (nSPS) is 19.7. The topological polar surface area (TPSA) is 56.8 Å². The molecule has 1 N–H and O–H groups in total. The highest BCUT2D eigenvalue weighted by molar-refractivity contribution is 5.97. The summed E-state index contributed by atoms with van der Waals surface area (Å²) in [5.41, 5.74) is 1.37. The van der Waals surface area contributed by atoms with E-state index >= 15 is 0 Å². The van der Waals surface area contributed by atoms with Gasteiger partial charge in [-0.05, 0) is 37.6 Å². The first-order chi connectivity index (χ1) is 12.0. The summed E-state index contributed by atoms with van der Waals surface area (Å²) >= 11 is 0. The van der Waals surface area contributed by atoms with Crippen LogP contribution in [0.2, 0.25) is 0 Å². The zero-order chi connectivity index (χ0) is 17.4. The lowest BCUT2D eigenvalue weighted by Gasteiger charge is -2.26. The van der Waals surface area contributed by atoms with Crippen LogP contribution in [0.15, 0.2) is 42.5 Å². The molecule has 0 fully saturated rings. The molecule has 130 valence electrons. The first-order valence-corrected chi connectivity index (χ1v) is 8.49. The van der Waals surface area contributed by atoms with Gasteiger partial charge in [-0.3, -0.25) is 4.79 Å². The lowest BCUT2D eigenvalue weighted by molar-refractivity contribution is 0.0783. The summed E-state index contributed by atoms with van der Waals surface area (Å²) < 4.78 is 17.5. The molecule has 5 heteroatoms. The van der Waals surface area contributed by atoms with Crippen molar-refractivity contribution >= 4 is 5.91 Å². The van der Waals surface area contributed by atoms with Gasteiger partial charge in [-0.15, -0.1) is 0 Å². The first-order valence-electron chi connectivity index (χ1n) is 8.49. The van der Waals surface area contributed by atoms with E-state index in [0.717, 1.165) is 17.7 Å². The lowest BCUT2D eigenvalue weighted by atomic mass is 10.0. The fourth-order valence-corrected chi connectivity index (χ4v) is 3.26. The Bertz CT molecular complexity index is 815. The molecule has 5 nitrogen and oxygen atoms in total. The van der Waals surface area contributed by atoms with Gasteiger partial charge in [-0.25, -0.2) is 0 Å². The lowest BCUT2D eigenvalue weighted by Crippen LogP contribution is -2.40. The average Bonchev–Trinajstić information content (AvgIpc) is 2.93. The van der Waals surface area contributed by atoms with Crippen LogP contribution >= 0.6 is 0 Å². The Morgan fingerprint density at radius 3 is 2.80 bits per heavy atom. The number of carbonyl (C=O) groups excluding carboxylic acids is 1. The number of amides is 1. The number of ether oxygens (including phenoxy) is 3. The van der Waals surface area contributed by atoms with E-state index in [0.29, 0.717) is 30.2 Å². The van der Waals surface area contributed by atoms with Gasteiger partial charge in [0.2, 0.25) is 0 Å². The number of hydrogen-bond acceptors (Lipinski definition) is 4. The molecule has 2 aliphatic heterocycles. The third-order valence-electron chi connectivity index (χ3n) is 4.39. The van der Waals surface area contributed by atoms with Crippen molar-refractivity contribution in [3.8, 4) is 17.2 Å². The van der Waals surface area contributed by atoms with E-state index in [9.17, 15) is 4.79 Å². The van der Waals surface area contributed by atoms with Crippen LogP contribution in [0.3, 0.4) is 0 Å². The van der Waals surface area contributed by atoms with Crippen LogP contribution in [0.25, 0.3) is 0 Å². The van der Waals surface area contributed by atoms with Crippen molar-refractivity contribution in [3.63, 3.8) is 0 Å². The van der Waals surface area contributed by atoms with E-state index in [1.54, 1.807) is 6.07 Å². The van der Waals surface area contributed by atoms with Crippen molar-refractivity contribution in [2.75, 3.05) is 13.2 Å². The Kier molecular flexibility index (Phi) is 3.79. The van der Waals surface area contributed by atoms with Gasteiger partial charge in [0.25, 0.3) is 5.91 Å². The smallest absolute Gasteiger partial charge is 0.255 e. The highest BCUT2D eigenvalue weighted by atomic mass is 16.6. The molecule has 25 heavy (non-hydrogen) atoms. The Balaban J connectivity index is 1.42. The highest BCUT2D eigenvalue weighted by Gasteiger charge is 2.33. The molecule has 2 aromatic carbocycles. The fourth-order valence-electron chi connectivity index (χ4n) is 3.26. The molecule has 2 aliphatic rings. The van der Waals surface area contributed by atoms with Crippen molar-refractivity contribution in [1.82, 2.24) is 5.32 Å². The van der Waals surface area contributed by atoms with Gasteiger partial charge < -0.3 is 19.5 Å². The summed E-state index contributed by atoms with van der Waals surface area (Å²) in [6.07, 6.45) is 0.591. The molecule has 4 rings (SSSR count). The third kappa shape index (κ3) is 3.14. The average molecular weight is 339 g/mol. The summed E-state index contributed by atoms with van der Waals surface area (Å²) in [6.45, 7) is 4.84. The van der Waals surface area contributed by atoms with Crippen LogP contribution in [0.4, 0.5) is 0 Å². The fraction of sp³-hybridized carbons (Fsp3) is 0.350. The minimum atomic E-state index is -0.275. The van der Waals surface area contributed by atoms with Crippen LogP contribution in [-0.2, 0) is 6.42 Å². The number of carbonyl (C=O) groups is 1. The maximum absolute atomic E-state index is 12.6. The Morgan fingerprint density at radius 1 is 1.16 bits per heavy atom. The number of benzene rings is 2. The van der Waals surface area contributed by atoms with Gasteiger partial charge in [0.15, 0.2) is 11.5 Å². The number of rotatable bonds is 3. The van der Waals surface area contributed by atoms with Crippen LogP contribution in [0, 0.1) is 0 Å². The minimum absolute atomic E-state index is 0.156. The molecule has 0 saturated heterocycles. The zero-order valence-corrected chi connectivity index (χ0v) is 14.4. The quantitative estimate of drug-likeness (QED) is 0.934. The molecular formula is C20H21NO4. The van der Waals surface area contributed by atoms with Gasteiger partial charge in [-0.1, -0.05) is 24.3 Å². The second-order valence-corrected chi connectivity index (χ2v) is 7.04. The van der Waals surface area contributed by atoms with Crippen molar-refractivity contribution in [3.05, 3.63) is 53.6 Å². The molecule has 0 saturated carbocycles. The molecule has 0 unspecified atom stereocenters. The molecule has 0 aromatic heterocycles. The van der Waals surface area contributed by atoms with E-state index in [2.05, 4.69) is 5.32 Å². The highest BCUT2D eigenvalue weighted by Crippen LogP contribution is 2.37. The molecule has 0 bridgehead atoms. The SMILES string of the molecule is CC1(C)Cc2cccc(C(=O)NC[C@@H]3COc4ccccc4O3)c2O1. The van der Waals surface area contributed by atoms with Gasteiger partial charge in [0, 0.05) is 6.42 Å². The Labute approximate surface area is 146 Å². The van der Waals surface area contributed by atoms with Crippen molar-refractivity contribution in [1.29, 1.82) is 0 Å². The van der Waals surface area contributed by atoms with Gasteiger partial charge in [-0.2, -0.15) is 0 Å². The van der Waals surface area contributed by atoms with E-state index in [-0.39, 0.29) is 17.6 Å². The summed E-state index contributed by atoms with van der Waals surface area (Å²) in [4.78, 5) is 12.6. The molecule has 2 heterocycles. The van der Waals surface area contributed by atoms with Gasteiger partial charge in [0.05, 0.1) is 12.1 Å². The first kappa shape index (κ1) is 15.8. The van der Waals surface area contributed by atoms with E-state index in [1.807, 2.05) is 50.2 Å². The second kappa shape index (κ2) is 5.99. The van der Waals surface area contributed by atoms with Crippen molar-refractivity contribution in [2.24, 2.45) is 0 Å². The summed E-state index contributed by atoms with van der Waals surface area (Å²) in [5.74, 6) is 1.98. The maximum Gasteiger partial charge on any atom is 0.255 e. The minimum Gasteiger partial charge on any atom is -0.486 e. The molecule has 1 atom stereocenters. The van der Waals surface area contributed by atoms with Crippen LogP contribution < -0.4 is 19.5 Å². The zero-order valence-electron chi connectivity index (χ0n) is 14.4. The predicted molar refractivity (Wildman–Crippen MR) is 93.5 cm³/mol. The van der Waals surface area contributed by atoms with E-state index < -0.39 is 0 Å². The van der Waals surface area contributed by atoms with Crippen LogP contribution in [0.1, 0.15) is 29.8 Å². The molecule has 0 radical (unpaired) electrons. The monoisotopic (exact) mass is 339 g/mol. The number of fused-ring (bicyclic) bond motifs is 2. The summed E-state index contributed by atoms with van der Waals surface area (Å²) in [6, 6.07) is 13.2. The largest absolute Gasteiger partial charge is 0.486 e. The second-order valence-electron chi connectivity index (χ2n) is 7.04. The van der Waals surface area contributed by atoms with E-state index in [1.165, 1.54) is 0 Å². The third-order valence-corrected chi connectivity index (χ3v) is 4.39. The standard InChI is InChI=1S/C20H21NO4/c1-20(2)10-13-6-5-7-15(18(13)25-20)19(22)21-11-14-12-23-16-8-3-4-9-17(16)24-14/h3-9,14H,10-12H2,1-2H3,(H,21,22)/t14-/m1/s1. The van der Waals surface area contributed by atoms with Crippen molar-refractivity contribution in [2.45, 2.75) is 32.0 Å². The van der Waals surface area contributed by atoms with Crippen LogP contribution in [0.5, 0.6) is 17.2 Å². The van der Waals surface area contributed by atoms with Gasteiger partial charge in [0.1, 0.15) is 24.1 Å². The molecule has 1 amide bonds. The summed E-state index contributed by atoms with van der Waals surface area (Å²) in [7, 11) is 0. The molecular weight excluding hydrogens is 318 g/mol. The Hall–Kier alpha value is -2.69. The number of para-hydroxylation sites is 3. The summed E-state index contributed by atoms with van der Waals surface area (Å²) in [5, 5.41) is 2.93. The predicted octanol–water partition coefficient (Wildman–Crippen LogP) is 2.97. The molecule has 0 spiro atoms. The van der Waals surface area contributed by atoms with Gasteiger partial charge >= 0.3 is 0 Å². The molecule has 0 aliphatic carbocycles. The van der Waals surface area contributed by atoms with Crippen LogP contribution in [-0.4, -0.2) is 30.8 Å².